The van der Waals surface area contributed by atoms with Gasteiger partial charge < -0.3 is 9.88 Å². The topological polar surface area (TPSA) is 82.3 Å². The number of carbonyl (C=O) groups excluding carboxylic acids is 1. The summed E-state index contributed by atoms with van der Waals surface area (Å²) in [6.07, 6.45) is 2.73. The van der Waals surface area contributed by atoms with Gasteiger partial charge in [-0.3, -0.25) is 9.52 Å². The molecule has 0 radical (unpaired) electrons. The van der Waals surface area contributed by atoms with Crippen LogP contribution < -0.4 is 4.72 Å². The minimum Gasteiger partial charge on any atom is -0.361 e. The number of hydrogen-bond acceptors (Lipinski definition) is 3. The van der Waals surface area contributed by atoms with Crippen molar-refractivity contribution < 1.29 is 13.2 Å². The largest absolute Gasteiger partial charge is 0.361 e. The van der Waals surface area contributed by atoms with Crippen LogP contribution in [0.5, 0.6) is 0 Å². The zero-order valence-electron chi connectivity index (χ0n) is 15.4. The number of anilines is 1. The zero-order chi connectivity index (χ0) is 18.9. The maximum atomic E-state index is 13.1. The van der Waals surface area contributed by atoms with E-state index in [0.717, 1.165) is 24.8 Å². The third-order valence-electron chi connectivity index (χ3n) is 4.78. The normalized spacial score (nSPS) is 14.7. The third kappa shape index (κ3) is 3.49. The third-order valence-corrected chi connectivity index (χ3v) is 6.33. The van der Waals surface area contributed by atoms with Crippen LogP contribution in [-0.2, 0) is 16.4 Å². The number of nitrogens with zero attached hydrogens (tertiary/aromatic N) is 1. The number of likely N-dealkylation sites (tertiary alicyclic amines) is 1. The summed E-state index contributed by atoms with van der Waals surface area (Å²) in [6, 6.07) is 7.30. The van der Waals surface area contributed by atoms with Crippen LogP contribution in [-0.4, -0.2) is 37.3 Å². The minimum atomic E-state index is -3.88. The molecule has 1 aliphatic rings. The Bertz CT molecular complexity index is 926. The number of nitrogens with one attached hydrogen (secondary N) is 2. The molecule has 3 rings (SSSR count). The number of rotatable bonds is 5. The Morgan fingerprint density at radius 2 is 1.88 bits per heavy atom. The Balaban J connectivity index is 2.00. The second-order valence-electron chi connectivity index (χ2n) is 6.74. The van der Waals surface area contributed by atoms with Gasteiger partial charge in [0.25, 0.3) is 15.9 Å². The van der Waals surface area contributed by atoms with Crippen LogP contribution in [0.3, 0.4) is 0 Å². The van der Waals surface area contributed by atoms with E-state index in [9.17, 15) is 13.2 Å². The van der Waals surface area contributed by atoms with Crippen LogP contribution in [0.15, 0.2) is 29.2 Å². The summed E-state index contributed by atoms with van der Waals surface area (Å²) in [5, 5.41) is 0. The Morgan fingerprint density at radius 1 is 1.19 bits per heavy atom. The molecule has 0 saturated carbocycles. The second-order valence-corrected chi connectivity index (χ2v) is 8.36. The molecule has 1 aromatic heterocycles. The molecule has 26 heavy (non-hydrogen) atoms. The smallest absolute Gasteiger partial charge is 0.264 e. The van der Waals surface area contributed by atoms with Crippen molar-refractivity contribution in [3.8, 4) is 0 Å². The number of sulfonamides is 1. The van der Waals surface area contributed by atoms with Crippen molar-refractivity contribution in [2.24, 2.45) is 0 Å². The van der Waals surface area contributed by atoms with Gasteiger partial charge in [0.2, 0.25) is 0 Å². The lowest BCUT2D eigenvalue weighted by Gasteiger charge is -2.17. The predicted molar refractivity (Wildman–Crippen MR) is 102 cm³/mol. The summed E-state index contributed by atoms with van der Waals surface area (Å²) < 4.78 is 28.8. The fourth-order valence-electron chi connectivity index (χ4n) is 3.49. The lowest BCUT2D eigenvalue weighted by Crippen LogP contribution is -2.29. The Labute approximate surface area is 154 Å². The monoisotopic (exact) mass is 375 g/mol. The summed E-state index contributed by atoms with van der Waals surface area (Å²) in [7, 11) is -3.88. The highest BCUT2D eigenvalue weighted by Gasteiger charge is 2.32. The predicted octanol–water partition coefficient (Wildman–Crippen LogP) is 3.23. The molecular formula is C19H25N3O3S. The molecule has 6 nitrogen and oxygen atoms in total. The maximum Gasteiger partial charge on any atom is 0.264 e. The van der Waals surface area contributed by atoms with Crippen molar-refractivity contribution in [2.45, 2.75) is 44.9 Å². The standard InChI is InChI=1S/C19H25N3O3S/c1-4-15-8-7-9-16(12-15)21-26(24,25)18-14(3)20-13(2)17(18)19(23)22-10-5-6-11-22/h7-9,12,20-21H,4-6,10-11H2,1-3H3. The van der Waals surface area contributed by atoms with Gasteiger partial charge in [-0.25, -0.2) is 8.42 Å². The summed E-state index contributed by atoms with van der Waals surface area (Å²) in [5.41, 5.74) is 2.86. The molecule has 0 aliphatic carbocycles. The van der Waals surface area contributed by atoms with Crippen molar-refractivity contribution in [1.29, 1.82) is 0 Å². The van der Waals surface area contributed by atoms with Gasteiger partial charge in [-0.2, -0.15) is 0 Å². The first-order valence-corrected chi connectivity index (χ1v) is 10.4. The van der Waals surface area contributed by atoms with Gasteiger partial charge in [-0.05, 0) is 50.8 Å². The molecule has 1 fully saturated rings. The number of benzene rings is 1. The highest BCUT2D eigenvalue weighted by Crippen LogP contribution is 2.28. The molecule has 1 aromatic carbocycles. The lowest BCUT2D eigenvalue weighted by molar-refractivity contribution is 0.0788. The summed E-state index contributed by atoms with van der Waals surface area (Å²) in [4.78, 5) is 17.7. The quantitative estimate of drug-likeness (QED) is 0.842. The first-order chi connectivity index (χ1) is 12.3. The van der Waals surface area contributed by atoms with Crippen molar-refractivity contribution in [2.75, 3.05) is 17.8 Å². The minimum absolute atomic E-state index is 0.0498. The number of amides is 1. The fraction of sp³-hybridized carbons (Fsp3) is 0.421. The molecule has 2 N–H and O–H groups in total. The summed E-state index contributed by atoms with van der Waals surface area (Å²) >= 11 is 0. The molecule has 7 heteroatoms. The molecule has 1 saturated heterocycles. The lowest BCUT2D eigenvalue weighted by atomic mass is 10.1. The number of carbonyl (C=O) groups is 1. The van der Waals surface area contributed by atoms with E-state index >= 15 is 0 Å². The molecule has 1 amide bonds. The van der Waals surface area contributed by atoms with Gasteiger partial charge >= 0.3 is 0 Å². The number of aromatic nitrogens is 1. The van der Waals surface area contributed by atoms with Gasteiger partial charge in [0, 0.05) is 30.2 Å². The van der Waals surface area contributed by atoms with E-state index in [1.807, 2.05) is 25.1 Å². The van der Waals surface area contributed by atoms with E-state index in [0.29, 0.717) is 30.2 Å². The SMILES string of the molecule is CCc1cccc(NS(=O)(=O)c2c(C)[nH]c(C)c2C(=O)N2CCCC2)c1. The average Bonchev–Trinajstić information content (AvgIpc) is 3.22. The number of aromatic amines is 1. The maximum absolute atomic E-state index is 13.1. The number of H-pyrrole nitrogens is 1. The highest BCUT2D eigenvalue weighted by molar-refractivity contribution is 7.92. The molecular weight excluding hydrogens is 350 g/mol. The van der Waals surface area contributed by atoms with E-state index in [1.165, 1.54) is 0 Å². The van der Waals surface area contributed by atoms with Crippen molar-refractivity contribution in [3.63, 3.8) is 0 Å². The fourth-order valence-corrected chi connectivity index (χ4v) is 4.99. The van der Waals surface area contributed by atoms with Gasteiger partial charge in [-0.15, -0.1) is 0 Å². The van der Waals surface area contributed by atoms with Crippen molar-refractivity contribution in [1.82, 2.24) is 9.88 Å². The van der Waals surface area contributed by atoms with Crippen LogP contribution in [0.25, 0.3) is 0 Å². The summed E-state index contributed by atoms with van der Waals surface area (Å²) in [5.74, 6) is -0.216. The average molecular weight is 375 g/mol. The van der Waals surface area contributed by atoms with Crippen molar-refractivity contribution in [3.05, 3.63) is 46.8 Å². The molecule has 140 valence electrons. The van der Waals surface area contributed by atoms with E-state index in [4.69, 9.17) is 0 Å². The van der Waals surface area contributed by atoms with E-state index in [2.05, 4.69) is 9.71 Å². The van der Waals surface area contributed by atoms with Gasteiger partial charge in [-0.1, -0.05) is 19.1 Å². The molecule has 2 heterocycles. The summed E-state index contributed by atoms with van der Waals surface area (Å²) in [6.45, 7) is 6.79. The molecule has 2 aromatic rings. The highest BCUT2D eigenvalue weighted by atomic mass is 32.2. The van der Waals surface area contributed by atoms with E-state index < -0.39 is 10.0 Å². The van der Waals surface area contributed by atoms with Crippen LogP contribution in [0, 0.1) is 13.8 Å². The first kappa shape index (κ1) is 18.5. The second kappa shape index (κ2) is 7.15. The Morgan fingerprint density at radius 3 is 2.54 bits per heavy atom. The molecule has 1 aliphatic heterocycles. The molecule has 0 spiro atoms. The van der Waals surface area contributed by atoms with Crippen molar-refractivity contribution >= 4 is 21.6 Å². The van der Waals surface area contributed by atoms with E-state index in [1.54, 1.807) is 24.8 Å². The van der Waals surface area contributed by atoms with Crippen LogP contribution in [0.4, 0.5) is 5.69 Å². The molecule has 0 unspecified atom stereocenters. The van der Waals surface area contributed by atoms with Gasteiger partial charge in [0.1, 0.15) is 4.90 Å². The van der Waals surface area contributed by atoms with Gasteiger partial charge in [0.15, 0.2) is 0 Å². The van der Waals surface area contributed by atoms with Gasteiger partial charge in [0.05, 0.1) is 5.56 Å². The number of hydrogen-bond donors (Lipinski definition) is 2. The Kier molecular flexibility index (Phi) is 5.09. The van der Waals surface area contributed by atoms with Crippen LogP contribution >= 0.6 is 0 Å². The molecule has 0 bridgehead atoms. The van der Waals surface area contributed by atoms with E-state index in [-0.39, 0.29) is 16.4 Å². The Hall–Kier alpha value is -2.28. The first-order valence-electron chi connectivity index (χ1n) is 8.93. The van der Waals surface area contributed by atoms with Crippen LogP contribution in [0.1, 0.15) is 47.1 Å². The van der Waals surface area contributed by atoms with Crippen LogP contribution in [0.2, 0.25) is 0 Å². The number of aryl methyl sites for hydroxylation is 3. The molecule has 0 atom stereocenters. The zero-order valence-corrected chi connectivity index (χ0v) is 16.2.